The normalized spacial score (nSPS) is 11.4. The zero-order valence-corrected chi connectivity index (χ0v) is 13.1. The molecule has 0 radical (unpaired) electrons. The van der Waals surface area contributed by atoms with Gasteiger partial charge in [-0.1, -0.05) is 24.3 Å². The summed E-state index contributed by atoms with van der Waals surface area (Å²) in [5, 5.41) is 14.4. The van der Waals surface area contributed by atoms with Crippen molar-refractivity contribution in [3.63, 3.8) is 0 Å². The summed E-state index contributed by atoms with van der Waals surface area (Å²) in [5.41, 5.74) is 6.59. The van der Waals surface area contributed by atoms with E-state index < -0.39 is 11.7 Å². The monoisotopic (exact) mass is 302 g/mol. The summed E-state index contributed by atoms with van der Waals surface area (Å²) < 4.78 is 5.19. The van der Waals surface area contributed by atoms with Crippen LogP contribution >= 0.6 is 0 Å². The van der Waals surface area contributed by atoms with Crippen molar-refractivity contribution in [3.8, 4) is 5.75 Å². The summed E-state index contributed by atoms with van der Waals surface area (Å²) >= 11 is 0. The Morgan fingerprint density at radius 2 is 1.95 bits per heavy atom. The van der Waals surface area contributed by atoms with E-state index in [-0.39, 0.29) is 5.75 Å². The van der Waals surface area contributed by atoms with Gasteiger partial charge in [0.15, 0.2) is 0 Å². The number of hydrogen-bond donors (Lipinski definition) is 3. The minimum atomic E-state index is -0.507. The van der Waals surface area contributed by atoms with Gasteiger partial charge in [0.05, 0.1) is 5.69 Å². The van der Waals surface area contributed by atoms with Crippen LogP contribution in [0.4, 0.5) is 10.5 Å². The molecule has 0 aliphatic heterocycles. The van der Waals surface area contributed by atoms with Crippen LogP contribution < -0.4 is 11.1 Å². The van der Waals surface area contributed by atoms with Crippen molar-refractivity contribution in [2.24, 2.45) is 0 Å². The number of nitrogen functional groups attached to an aromatic ring is 1. The molecule has 0 heterocycles. The number of carbonyl (C=O) groups excluding carboxylic acids is 1. The van der Waals surface area contributed by atoms with Gasteiger partial charge in [-0.15, -0.1) is 0 Å². The number of amides is 1. The van der Waals surface area contributed by atoms with Crippen molar-refractivity contribution < 1.29 is 14.6 Å². The highest BCUT2D eigenvalue weighted by Gasteiger charge is 2.15. The Balaban J connectivity index is 2.07. The molecule has 5 heteroatoms. The summed E-state index contributed by atoms with van der Waals surface area (Å²) in [6.45, 7) is 5.93. The minimum Gasteiger partial charge on any atom is -0.505 e. The standard InChI is InChI=1S/C17H22N2O3/c1-17(2,3)22-16(21)19-10-9-11-5-4-6-13-12(11)7-8-14(18)15(13)20/h4-8,20H,9-10,18H2,1-3H3,(H,19,21). The molecule has 0 saturated heterocycles. The van der Waals surface area contributed by atoms with E-state index in [9.17, 15) is 9.90 Å². The van der Waals surface area contributed by atoms with Crippen LogP contribution in [0, 0.1) is 0 Å². The lowest BCUT2D eigenvalue weighted by atomic mass is 10.0. The van der Waals surface area contributed by atoms with Crippen molar-refractivity contribution in [1.82, 2.24) is 5.32 Å². The van der Waals surface area contributed by atoms with E-state index >= 15 is 0 Å². The molecule has 0 aromatic heterocycles. The maximum absolute atomic E-state index is 11.6. The number of anilines is 1. The van der Waals surface area contributed by atoms with Gasteiger partial charge in [-0.25, -0.2) is 4.79 Å². The van der Waals surface area contributed by atoms with Crippen LogP contribution in [0.5, 0.6) is 5.75 Å². The first-order valence-electron chi connectivity index (χ1n) is 7.24. The topological polar surface area (TPSA) is 84.6 Å². The second-order valence-corrected chi connectivity index (χ2v) is 6.19. The average molecular weight is 302 g/mol. The van der Waals surface area contributed by atoms with Gasteiger partial charge in [-0.3, -0.25) is 0 Å². The van der Waals surface area contributed by atoms with Crippen LogP contribution in [-0.4, -0.2) is 23.3 Å². The molecule has 22 heavy (non-hydrogen) atoms. The zero-order chi connectivity index (χ0) is 16.3. The summed E-state index contributed by atoms with van der Waals surface area (Å²) in [6.07, 6.45) is 0.208. The van der Waals surface area contributed by atoms with Gasteiger partial charge < -0.3 is 20.9 Å². The van der Waals surface area contributed by atoms with Crippen LogP contribution in [0.2, 0.25) is 0 Å². The average Bonchev–Trinajstić information content (AvgIpc) is 2.41. The number of alkyl carbamates (subject to hydrolysis) is 1. The second kappa shape index (κ2) is 6.13. The van der Waals surface area contributed by atoms with E-state index in [4.69, 9.17) is 10.5 Å². The van der Waals surface area contributed by atoms with Gasteiger partial charge >= 0.3 is 6.09 Å². The Bertz CT molecular complexity index is 690. The van der Waals surface area contributed by atoms with Gasteiger partial charge in [0, 0.05) is 11.9 Å². The summed E-state index contributed by atoms with van der Waals surface area (Å²) in [6, 6.07) is 9.22. The lowest BCUT2D eigenvalue weighted by Crippen LogP contribution is -2.33. The van der Waals surface area contributed by atoms with Crippen LogP contribution in [0.15, 0.2) is 30.3 Å². The first-order chi connectivity index (χ1) is 10.3. The Labute approximate surface area is 130 Å². The number of nitrogens with one attached hydrogen (secondary N) is 1. The van der Waals surface area contributed by atoms with Crippen LogP contribution in [0.25, 0.3) is 10.8 Å². The van der Waals surface area contributed by atoms with E-state index in [2.05, 4.69) is 5.32 Å². The van der Waals surface area contributed by atoms with E-state index in [0.29, 0.717) is 18.7 Å². The largest absolute Gasteiger partial charge is 0.505 e. The Hall–Kier alpha value is -2.43. The number of hydrogen-bond acceptors (Lipinski definition) is 4. The van der Waals surface area contributed by atoms with Gasteiger partial charge in [-0.2, -0.15) is 0 Å². The van der Waals surface area contributed by atoms with E-state index in [0.717, 1.165) is 16.3 Å². The molecule has 0 saturated carbocycles. The number of aromatic hydroxyl groups is 1. The molecule has 2 rings (SSSR count). The number of carbonyl (C=O) groups is 1. The lowest BCUT2D eigenvalue weighted by Gasteiger charge is -2.19. The molecule has 0 aliphatic rings. The molecule has 4 N–H and O–H groups in total. The molecule has 0 atom stereocenters. The molecular formula is C17H22N2O3. The highest BCUT2D eigenvalue weighted by atomic mass is 16.6. The van der Waals surface area contributed by atoms with Crippen molar-refractivity contribution in [2.45, 2.75) is 32.8 Å². The van der Waals surface area contributed by atoms with Crippen LogP contribution in [0.3, 0.4) is 0 Å². The highest BCUT2D eigenvalue weighted by molar-refractivity contribution is 5.94. The fourth-order valence-electron chi connectivity index (χ4n) is 2.26. The van der Waals surface area contributed by atoms with Crippen molar-refractivity contribution in [1.29, 1.82) is 0 Å². The molecule has 0 unspecified atom stereocenters. The van der Waals surface area contributed by atoms with E-state index in [1.165, 1.54) is 0 Å². The molecule has 2 aromatic rings. The predicted octanol–water partition coefficient (Wildman–Crippen LogP) is 3.19. The first-order valence-corrected chi connectivity index (χ1v) is 7.24. The molecule has 1 amide bonds. The summed E-state index contributed by atoms with van der Waals surface area (Å²) in [5.74, 6) is 0.0967. The number of fused-ring (bicyclic) bond motifs is 1. The van der Waals surface area contributed by atoms with E-state index in [1.54, 1.807) is 6.07 Å². The van der Waals surface area contributed by atoms with Gasteiger partial charge in [0.1, 0.15) is 11.4 Å². The van der Waals surface area contributed by atoms with Crippen LogP contribution in [0.1, 0.15) is 26.3 Å². The number of rotatable bonds is 3. The number of nitrogens with two attached hydrogens (primary N) is 1. The second-order valence-electron chi connectivity index (χ2n) is 6.19. The fraction of sp³-hybridized carbons (Fsp3) is 0.353. The molecule has 2 aromatic carbocycles. The smallest absolute Gasteiger partial charge is 0.407 e. The van der Waals surface area contributed by atoms with Gasteiger partial charge in [0.2, 0.25) is 0 Å². The quantitative estimate of drug-likeness (QED) is 0.600. The molecule has 0 bridgehead atoms. The molecular weight excluding hydrogens is 280 g/mol. The van der Waals surface area contributed by atoms with Crippen molar-refractivity contribution >= 4 is 22.6 Å². The molecule has 0 spiro atoms. The zero-order valence-electron chi connectivity index (χ0n) is 13.1. The van der Waals surface area contributed by atoms with Gasteiger partial charge in [-0.05, 0) is 44.2 Å². The first kappa shape index (κ1) is 15.9. The fourth-order valence-corrected chi connectivity index (χ4v) is 2.26. The van der Waals surface area contributed by atoms with E-state index in [1.807, 2.05) is 45.0 Å². The SMILES string of the molecule is CC(C)(C)OC(=O)NCCc1cccc2c(O)c(N)ccc12. The molecule has 0 aliphatic carbocycles. The number of phenols is 1. The third kappa shape index (κ3) is 3.81. The lowest BCUT2D eigenvalue weighted by molar-refractivity contribution is 0.0528. The Morgan fingerprint density at radius 3 is 2.64 bits per heavy atom. The third-order valence-corrected chi connectivity index (χ3v) is 3.22. The summed E-state index contributed by atoms with van der Waals surface area (Å²) in [4.78, 5) is 11.6. The Kier molecular flexibility index (Phi) is 4.45. The maximum atomic E-state index is 11.6. The minimum absolute atomic E-state index is 0.0967. The van der Waals surface area contributed by atoms with Crippen molar-refractivity contribution in [3.05, 3.63) is 35.9 Å². The number of phenolic OH excluding ortho intramolecular Hbond substituents is 1. The molecule has 0 fully saturated rings. The van der Waals surface area contributed by atoms with Crippen molar-refractivity contribution in [2.75, 3.05) is 12.3 Å². The van der Waals surface area contributed by atoms with Gasteiger partial charge in [0.25, 0.3) is 0 Å². The Morgan fingerprint density at radius 1 is 1.23 bits per heavy atom. The third-order valence-electron chi connectivity index (χ3n) is 3.22. The number of benzene rings is 2. The molecule has 5 nitrogen and oxygen atoms in total. The predicted molar refractivity (Wildman–Crippen MR) is 88.0 cm³/mol. The highest BCUT2D eigenvalue weighted by Crippen LogP contribution is 2.32. The molecule has 118 valence electrons. The van der Waals surface area contributed by atoms with Crippen LogP contribution in [-0.2, 0) is 11.2 Å². The maximum Gasteiger partial charge on any atom is 0.407 e. The summed E-state index contributed by atoms with van der Waals surface area (Å²) in [7, 11) is 0. The number of ether oxygens (including phenoxy) is 1.